The van der Waals surface area contributed by atoms with Crippen molar-refractivity contribution >= 4 is 11.9 Å². The molecule has 0 bridgehead atoms. The third kappa shape index (κ3) is 10.7. The average molecular weight is 724 g/mol. The maximum atomic E-state index is 14.2. The van der Waals surface area contributed by atoms with Gasteiger partial charge in [0.1, 0.15) is 6.04 Å². The van der Waals surface area contributed by atoms with Gasteiger partial charge in [-0.15, -0.1) is 0 Å². The fraction of sp³-hybridized carbons (Fsp3) is 0.929. The third-order valence-electron chi connectivity index (χ3n) is 7.27. The summed E-state index contributed by atoms with van der Waals surface area (Å²) in [7, 11) is 0. The predicted molar refractivity (Wildman–Crippen MR) is 139 cm³/mol. The van der Waals surface area contributed by atoms with Crippen LogP contribution in [0.4, 0.5) is 65.9 Å². The zero-order chi connectivity index (χ0) is 37.0. The number of ether oxygens (including phenoxy) is 1. The second-order valence-corrected chi connectivity index (χ2v) is 11.2. The lowest BCUT2D eigenvalue weighted by molar-refractivity contribution is -0.449. The summed E-state index contributed by atoms with van der Waals surface area (Å²) >= 11 is 0. The Hall–Kier alpha value is -2.11. The average Bonchev–Trinajstić information content (AvgIpc) is 2.95. The Morgan fingerprint density at radius 1 is 0.511 bits per heavy atom. The van der Waals surface area contributed by atoms with Crippen molar-refractivity contribution in [3.05, 3.63) is 0 Å². The molecule has 1 unspecified atom stereocenters. The molecule has 47 heavy (non-hydrogen) atoms. The minimum Gasteiger partial charge on any atom is -0.464 e. The van der Waals surface area contributed by atoms with E-state index in [1.165, 1.54) is 32.6 Å². The van der Waals surface area contributed by atoms with Crippen LogP contribution in [0.1, 0.15) is 110 Å². The molecule has 1 N–H and O–H groups in total. The second-order valence-electron chi connectivity index (χ2n) is 11.2. The van der Waals surface area contributed by atoms with Gasteiger partial charge in [-0.25, -0.2) is 4.79 Å². The Labute approximate surface area is 262 Å². The Morgan fingerprint density at radius 3 is 1.26 bits per heavy atom. The number of nitrogens with one attached hydrogen (secondary N) is 1. The van der Waals surface area contributed by atoms with Gasteiger partial charge in [0.05, 0.1) is 6.61 Å². The van der Waals surface area contributed by atoms with Gasteiger partial charge in [-0.1, -0.05) is 97.3 Å². The molecule has 1 atom stereocenters. The van der Waals surface area contributed by atoms with Crippen LogP contribution >= 0.6 is 0 Å². The maximum absolute atomic E-state index is 14.2. The lowest BCUT2D eigenvalue weighted by atomic mass is 9.90. The van der Waals surface area contributed by atoms with E-state index in [9.17, 15) is 75.4 Å². The van der Waals surface area contributed by atoms with Crippen molar-refractivity contribution in [3.8, 4) is 0 Å². The summed E-state index contributed by atoms with van der Waals surface area (Å²) < 4.78 is 206. The fourth-order valence-corrected chi connectivity index (χ4v) is 4.29. The Kier molecular flexibility index (Phi) is 17.2. The van der Waals surface area contributed by atoms with E-state index in [0.29, 0.717) is 6.42 Å². The normalized spacial score (nSPS) is 14.7. The standard InChI is InChI=1S/C28H40F15NO3/c1-3-5-6-7-8-9-10-11-12-13-14-15-16-18-47-20(45)19(17-4-2)44-21(46)22(29,30)23(31,32)24(33,34)25(35,36)26(37,38)27(39,40)28(41,42)43/h19H,3-18H2,1-2H3,(H,44,46). The van der Waals surface area contributed by atoms with E-state index in [2.05, 4.69) is 6.92 Å². The number of unbranched alkanes of at least 4 members (excludes halogenated alkanes) is 12. The van der Waals surface area contributed by atoms with Crippen LogP contribution < -0.4 is 5.32 Å². The largest absolute Gasteiger partial charge is 0.464 e. The minimum atomic E-state index is -8.51. The predicted octanol–water partition coefficient (Wildman–Crippen LogP) is 10.3. The highest BCUT2D eigenvalue weighted by atomic mass is 19.4. The van der Waals surface area contributed by atoms with E-state index in [0.717, 1.165) is 50.3 Å². The van der Waals surface area contributed by atoms with Crippen LogP contribution in [0.5, 0.6) is 0 Å². The highest BCUT2D eigenvalue weighted by molar-refractivity contribution is 5.89. The number of halogens is 15. The molecule has 0 aromatic rings. The number of carbonyl (C=O) groups is 2. The summed E-state index contributed by atoms with van der Waals surface area (Å²) in [6.45, 7) is 3.01. The zero-order valence-corrected chi connectivity index (χ0v) is 25.8. The van der Waals surface area contributed by atoms with E-state index in [1.807, 2.05) is 0 Å². The number of hydrogen-bond donors (Lipinski definition) is 1. The molecular weight excluding hydrogens is 683 g/mol. The van der Waals surface area contributed by atoms with E-state index >= 15 is 0 Å². The van der Waals surface area contributed by atoms with E-state index in [4.69, 9.17) is 4.74 Å². The van der Waals surface area contributed by atoms with Gasteiger partial charge in [-0.2, -0.15) is 65.9 Å². The quantitative estimate of drug-likeness (QED) is 0.0613. The van der Waals surface area contributed by atoms with Crippen molar-refractivity contribution < 1.29 is 80.2 Å². The molecule has 0 spiro atoms. The van der Waals surface area contributed by atoms with Gasteiger partial charge >= 0.3 is 47.7 Å². The second kappa shape index (κ2) is 18.0. The van der Waals surface area contributed by atoms with Crippen LogP contribution in [-0.2, 0) is 14.3 Å². The first kappa shape index (κ1) is 44.9. The molecule has 0 aliphatic carbocycles. The van der Waals surface area contributed by atoms with E-state index < -0.39 is 66.1 Å². The molecule has 0 heterocycles. The molecule has 0 aliphatic rings. The van der Waals surface area contributed by atoms with Crippen LogP contribution in [0.3, 0.4) is 0 Å². The van der Waals surface area contributed by atoms with Gasteiger partial charge < -0.3 is 10.1 Å². The summed E-state index contributed by atoms with van der Waals surface area (Å²) in [5.41, 5.74) is 0. The number of carbonyl (C=O) groups excluding carboxylic acids is 2. The number of esters is 1. The first-order valence-electron chi connectivity index (χ1n) is 15.1. The Bertz CT molecular complexity index is 956. The third-order valence-corrected chi connectivity index (χ3v) is 7.27. The zero-order valence-electron chi connectivity index (χ0n) is 25.8. The van der Waals surface area contributed by atoms with Crippen molar-refractivity contribution in [3.63, 3.8) is 0 Å². The summed E-state index contributed by atoms with van der Waals surface area (Å²) in [6.07, 6.45) is 3.86. The maximum Gasteiger partial charge on any atom is 0.460 e. The topological polar surface area (TPSA) is 55.4 Å². The SMILES string of the molecule is CCCCCCCCCCCCCCCOC(=O)C(CCC)NC(=O)C(F)(F)C(F)(F)C(F)(F)C(F)(F)C(F)(F)C(F)(F)C(F)(F)F. The van der Waals surface area contributed by atoms with Crippen molar-refractivity contribution in [2.45, 2.75) is 158 Å². The lowest BCUT2D eigenvalue weighted by Crippen LogP contribution is -2.74. The minimum absolute atomic E-state index is 0.187. The van der Waals surface area contributed by atoms with Gasteiger partial charge in [0.15, 0.2) is 0 Å². The van der Waals surface area contributed by atoms with Gasteiger partial charge in [0.2, 0.25) is 0 Å². The van der Waals surface area contributed by atoms with Crippen LogP contribution in [0, 0.1) is 0 Å². The monoisotopic (exact) mass is 723 g/mol. The molecule has 19 heteroatoms. The highest BCUT2D eigenvalue weighted by Gasteiger charge is 2.94. The molecule has 0 aromatic heterocycles. The van der Waals surface area contributed by atoms with Gasteiger partial charge in [-0.3, -0.25) is 4.79 Å². The number of amides is 1. The van der Waals surface area contributed by atoms with Crippen molar-refractivity contribution in [1.82, 2.24) is 5.32 Å². The molecule has 0 radical (unpaired) electrons. The molecule has 0 saturated heterocycles. The number of hydrogen-bond acceptors (Lipinski definition) is 3. The highest BCUT2D eigenvalue weighted by Crippen LogP contribution is 2.62. The van der Waals surface area contributed by atoms with Crippen molar-refractivity contribution in [2.75, 3.05) is 6.61 Å². The van der Waals surface area contributed by atoms with Crippen molar-refractivity contribution in [1.29, 1.82) is 0 Å². The molecule has 0 aromatic carbocycles. The van der Waals surface area contributed by atoms with Gasteiger partial charge in [-0.05, 0) is 12.8 Å². The summed E-state index contributed by atoms with van der Waals surface area (Å²) in [4.78, 5) is 24.1. The number of rotatable bonds is 24. The molecule has 0 fully saturated rings. The molecule has 0 rings (SSSR count). The van der Waals surface area contributed by atoms with Crippen LogP contribution in [0.2, 0.25) is 0 Å². The molecule has 4 nitrogen and oxygen atoms in total. The molecule has 0 saturated carbocycles. The number of alkyl halides is 15. The first-order valence-corrected chi connectivity index (χ1v) is 15.1. The Morgan fingerprint density at radius 2 is 0.872 bits per heavy atom. The van der Waals surface area contributed by atoms with Gasteiger partial charge in [0, 0.05) is 0 Å². The Balaban J connectivity index is 5.25. The summed E-state index contributed by atoms with van der Waals surface area (Å²) in [6, 6.07) is -2.28. The molecule has 0 aliphatic heterocycles. The van der Waals surface area contributed by atoms with Gasteiger partial charge in [0.25, 0.3) is 5.91 Å². The summed E-state index contributed by atoms with van der Waals surface area (Å²) in [5, 5.41) is 0.843. The van der Waals surface area contributed by atoms with Crippen LogP contribution in [0.25, 0.3) is 0 Å². The van der Waals surface area contributed by atoms with Crippen molar-refractivity contribution in [2.24, 2.45) is 0 Å². The van der Waals surface area contributed by atoms with Crippen LogP contribution in [0.15, 0.2) is 0 Å². The van der Waals surface area contributed by atoms with E-state index in [1.54, 1.807) is 0 Å². The molecule has 280 valence electrons. The molecule has 1 amide bonds. The lowest BCUT2D eigenvalue weighted by Gasteiger charge is -2.41. The smallest absolute Gasteiger partial charge is 0.460 e. The van der Waals surface area contributed by atoms with Crippen LogP contribution in [-0.4, -0.2) is 66.2 Å². The summed E-state index contributed by atoms with van der Waals surface area (Å²) in [5.74, 6) is -53.8. The van der Waals surface area contributed by atoms with E-state index in [-0.39, 0.29) is 19.4 Å². The first-order chi connectivity index (χ1) is 21.3. The molecular formula is C28H40F15NO3. The fourth-order valence-electron chi connectivity index (χ4n) is 4.29.